The maximum absolute atomic E-state index is 11.5. The average Bonchev–Trinajstić information content (AvgIpc) is 2.52. The van der Waals surface area contributed by atoms with Gasteiger partial charge in [0.05, 0.1) is 4.92 Å². The van der Waals surface area contributed by atoms with Crippen LogP contribution in [0.25, 0.3) is 0 Å². The number of aromatic nitrogens is 2. The molecule has 2 rings (SSSR count). The van der Waals surface area contributed by atoms with E-state index in [1.807, 2.05) is 32.9 Å². The minimum absolute atomic E-state index is 0.0451. The number of rotatable bonds is 6. The molecule has 0 atom stereocenters. The largest absolute Gasteiger partial charge is 0.434 e. The molecule has 134 valence electrons. The lowest BCUT2D eigenvalue weighted by Crippen LogP contribution is -2.40. The Labute approximate surface area is 146 Å². The van der Waals surface area contributed by atoms with Gasteiger partial charge < -0.3 is 4.74 Å². The number of nitro groups is 1. The Morgan fingerprint density at radius 3 is 2.32 bits per heavy atom. The smallest absolute Gasteiger partial charge is 0.374 e. The van der Waals surface area contributed by atoms with Gasteiger partial charge in [-0.05, 0) is 44.4 Å². The van der Waals surface area contributed by atoms with Crippen molar-refractivity contribution in [3.05, 3.63) is 46.3 Å². The lowest BCUT2D eigenvalue weighted by atomic mass is 10.0. The van der Waals surface area contributed by atoms with Crippen LogP contribution in [-0.2, 0) is 0 Å². The highest BCUT2D eigenvalue weighted by atomic mass is 16.6. The van der Waals surface area contributed by atoms with Gasteiger partial charge in [0, 0.05) is 5.54 Å². The van der Waals surface area contributed by atoms with Crippen molar-refractivity contribution in [3.8, 4) is 11.6 Å². The molecule has 1 aromatic heterocycles. The first kappa shape index (κ1) is 18.6. The Morgan fingerprint density at radius 1 is 1.16 bits per heavy atom. The molecule has 2 N–H and O–H groups in total. The lowest BCUT2D eigenvalue weighted by molar-refractivity contribution is -0.385. The van der Waals surface area contributed by atoms with E-state index in [9.17, 15) is 10.1 Å². The molecule has 1 aromatic carbocycles. The number of benzene rings is 1. The van der Waals surface area contributed by atoms with E-state index < -0.39 is 4.92 Å². The summed E-state index contributed by atoms with van der Waals surface area (Å²) in [6.07, 6.45) is 1.22. The summed E-state index contributed by atoms with van der Waals surface area (Å²) in [5.74, 6) is 0.793. The first-order chi connectivity index (χ1) is 11.7. The molecule has 8 nitrogen and oxygen atoms in total. The van der Waals surface area contributed by atoms with Crippen molar-refractivity contribution >= 4 is 11.5 Å². The van der Waals surface area contributed by atoms with Crippen LogP contribution in [0.3, 0.4) is 0 Å². The first-order valence-electron chi connectivity index (χ1n) is 7.98. The number of hydrazine groups is 1. The van der Waals surface area contributed by atoms with Crippen molar-refractivity contribution in [1.82, 2.24) is 15.4 Å². The summed E-state index contributed by atoms with van der Waals surface area (Å²) < 4.78 is 5.62. The number of nitrogens with zero attached hydrogens (tertiary/aromatic N) is 3. The van der Waals surface area contributed by atoms with E-state index in [-0.39, 0.29) is 22.9 Å². The number of hydrogen-bond acceptors (Lipinski definition) is 7. The van der Waals surface area contributed by atoms with E-state index in [4.69, 9.17) is 4.74 Å². The van der Waals surface area contributed by atoms with Gasteiger partial charge in [0.1, 0.15) is 12.1 Å². The minimum Gasteiger partial charge on any atom is -0.434 e. The van der Waals surface area contributed by atoms with Crippen molar-refractivity contribution in [1.29, 1.82) is 0 Å². The van der Waals surface area contributed by atoms with Gasteiger partial charge in [0.2, 0.25) is 5.82 Å². The van der Waals surface area contributed by atoms with Crippen LogP contribution in [0.2, 0.25) is 0 Å². The van der Waals surface area contributed by atoms with Crippen molar-refractivity contribution in [3.63, 3.8) is 0 Å². The molecule has 0 aliphatic heterocycles. The van der Waals surface area contributed by atoms with Gasteiger partial charge in [0.25, 0.3) is 0 Å². The fourth-order valence-electron chi connectivity index (χ4n) is 1.97. The van der Waals surface area contributed by atoms with Crippen LogP contribution >= 0.6 is 0 Å². The summed E-state index contributed by atoms with van der Waals surface area (Å²) in [6.45, 7) is 9.93. The Bertz CT molecular complexity index is 739. The second-order valence-corrected chi connectivity index (χ2v) is 6.96. The van der Waals surface area contributed by atoms with E-state index in [1.54, 1.807) is 12.1 Å². The molecule has 0 unspecified atom stereocenters. The molecule has 2 aromatic rings. The van der Waals surface area contributed by atoms with E-state index in [2.05, 4.69) is 34.7 Å². The maximum atomic E-state index is 11.5. The van der Waals surface area contributed by atoms with Crippen LogP contribution in [0.5, 0.6) is 11.6 Å². The Hall–Kier alpha value is -2.74. The maximum Gasteiger partial charge on any atom is 0.374 e. The summed E-state index contributed by atoms with van der Waals surface area (Å²) in [7, 11) is 0. The summed E-state index contributed by atoms with van der Waals surface area (Å²) in [6, 6.07) is 7.38. The Morgan fingerprint density at radius 2 is 1.80 bits per heavy atom. The van der Waals surface area contributed by atoms with E-state index >= 15 is 0 Å². The molecule has 0 amide bonds. The van der Waals surface area contributed by atoms with E-state index in [0.717, 1.165) is 5.56 Å². The van der Waals surface area contributed by atoms with Crippen molar-refractivity contribution < 1.29 is 9.66 Å². The fraction of sp³-hybridized carbons (Fsp3) is 0.412. The quantitative estimate of drug-likeness (QED) is 0.602. The summed E-state index contributed by atoms with van der Waals surface area (Å²) in [5.41, 5.74) is 6.23. The summed E-state index contributed by atoms with van der Waals surface area (Å²) in [5, 5.41) is 11.5. The molecule has 8 heteroatoms. The highest BCUT2D eigenvalue weighted by molar-refractivity contribution is 5.61. The molecule has 1 heterocycles. The first-order valence-corrected chi connectivity index (χ1v) is 7.98. The van der Waals surface area contributed by atoms with Gasteiger partial charge in [-0.1, -0.05) is 26.0 Å². The van der Waals surface area contributed by atoms with Crippen molar-refractivity contribution in [2.75, 3.05) is 5.43 Å². The van der Waals surface area contributed by atoms with Crippen molar-refractivity contribution in [2.24, 2.45) is 0 Å². The lowest BCUT2D eigenvalue weighted by Gasteiger charge is -2.21. The molecule has 0 radical (unpaired) electrons. The third-order valence-corrected chi connectivity index (χ3v) is 3.29. The molecule has 0 saturated carbocycles. The normalized spacial score (nSPS) is 11.4. The number of hydrogen-bond donors (Lipinski definition) is 2. The van der Waals surface area contributed by atoms with Gasteiger partial charge in [-0.2, -0.15) is 4.98 Å². The minimum atomic E-state index is -0.565. The van der Waals surface area contributed by atoms with Gasteiger partial charge in [-0.25, -0.2) is 10.4 Å². The van der Waals surface area contributed by atoms with Crippen LogP contribution in [0.15, 0.2) is 30.6 Å². The topological polar surface area (TPSA) is 102 Å². The second kappa shape index (κ2) is 7.43. The zero-order chi connectivity index (χ0) is 18.6. The molecular formula is C17H23N5O3. The van der Waals surface area contributed by atoms with Gasteiger partial charge in [-0.3, -0.25) is 15.5 Å². The summed E-state index contributed by atoms with van der Waals surface area (Å²) in [4.78, 5) is 18.8. The molecule has 0 spiro atoms. The highest BCUT2D eigenvalue weighted by Gasteiger charge is 2.26. The van der Waals surface area contributed by atoms with E-state index in [0.29, 0.717) is 11.7 Å². The molecular weight excluding hydrogens is 322 g/mol. The second-order valence-electron chi connectivity index (χ2n) is 6.96. The molecule has 0 fully saturated rings. The molecule has 0 aliphatic rings. The van der Waals surface area contributed by atoms with Gasteiger partial charge in [0.15, 0.2) is 0 Å². The molecule has 0 aliphatic carbocycles. The average molecular weight is 345 g/mol. The van der Waals surface area contributed by atoms with Crippen molar-refractivity contribution in [2.45, 2.75) is 46.1 Å². The highest BCUT2D eigenvalue weighted by Crippen LogP contribution is 2.34. The predicted molar refractivity (Wildman–Crippen MR) is 95.8 cm³/mol. The SMILES string of the molecule is CC(C)c1ccc(Oc2ncnc(NNC(C)(C)C)c2[N+](=O)[O-])cc1. The van der Waals surface area contributed by atoms with Crippen LogP contribution in [-0.4, -0.2) is 20.4 Å². The third-order valence-electron chi connectivity index (χ3n) is 3.29. The standard InChI is InChI=1S/C17H23N5O3/c1-11(2)12-6-8-13(9-7-12)25-16-14(22(23)24)15(18-10-19-16)20-21-17(3,4)5/h6-11,21H,1-5H3,(H,18,19,20). The molecule has 0 bridgehead atoms. The third kappa shape index (κ3) is 5.12. The van der Waals surface area contributed by atoms with Crippen LogP contribution < -0.4 is 15.6 Å². The van der Waals surface area contributed by atoms with Gasteiger partial charge in [-0.15, -0.1) is 0 Å². The van der Waals surface area contributed by atoms with E-state index in [1.165, 1.54) is 6.33 Å². The molecule has 0 saturated heterocycles. The fourth-order valence-corrected chi connectivity index (χ4v) is 1.97. The Balaban J connectivity index is 2.29. The number of anilines is 1. The number of nitrogens with one attached hydrogen (secondary N) is 2. The van der Waals surface area contributed by atoms with Crippen LogP contribution in [0.1, 0.15) is 46.1 Å². The summed E-state index contributed by atoms with van der Waals surface area (Å²) >= 11 is 0. The van der Waals surface area contributed by atoms with Gasteiger partial charge >= 0.3 is 11.6 Å². The predicted octanol–water partition coefficient (Wildman–Crippen LogP) is 4.02. The number of ether oxygens (including phenoxy) is 1. The zero-order valence-corrected chi connectivity index (χ0v) is 15.0. The zero-order valence-electron chi connectivity index (χ0n) is 15.0. The van der Waals surface area contributed by atoms with Crippen LogP contribution in [0, 0.1) is 10.1 Å². The Kier molecular flexibility index (Phi) is 5.53. The molecule has 25 heavy (non-hydrogen) atoms. The van der Waals surface area contributed by atoms with Crippen LogP contribution in [0.4, 0.5) is 11.5 Å². The monoisotopic (exact) mass is 345 g/mol.